The molecule has 0 aliphatic carbocycles. The number of nitrogens with zero attached hydrogens (tertiary/aromatic N) is 1. The lowest BCUT2D eigenvalue weighted by Gasteiger charge is -2.27. The Labute approximate surface area is 166 Å². The summed E-state index contributed by atoms with van der Waals surface area (Å²) in [7, 11) is 0. The highest BCUT2D eigenvalue weighted by Gasteiger charge is 2.16. The van der Waals surface area contributed by atoms with Crippen molar-refractivity contribution in [3.05, 3.63) is 69.7 Å². The normalized spacial score (nSPS) is 15.2. The Morgan fingerprint density at radius 2 is 1.28 bits per heavy atom. The van der Waals surface area contributed by atoms with Crippen molar-refractivity contribution in [3.63, 3.8) is 0 Å². The van der Waals surface area contributed by atoms with Crippen LogP contribution in [0.3, 0.4) is 0 Å². The quantitative estimate of drug-likeness (QED) is 0.589. The summed E-state index contributed by atoms with van der Waals surface area (Å²) in [6.07, 6.45) is 3.87. The van der Waals surface area contributed by atoms with Gasteiger partial charge in [0.15, 0.2) is 0 Å². The molecule has 1 fully saturated rings. The molecule has 1 aliphatic heterocycles. The summed E-state index contributed by atoms with van der Waals surface area (Å²) < 4.78 is 6.27. The lowest BCUT2D eigenvalue weighted by atomic mass is 10.0. The van der Waals surface area contributed by atoms with E-state index in [0.29, 0.717) is 0 Å². The number of hydrogen-bond acceptors (Lipinski definition) is 2. The van der Waals surface area contributed by atoms with Crippen molar-refractivity contribution >= 4 is 35.6 Å². The fourth-order valence-electron chi connectivity index (χ4n) is 3.14. The second-order valence-corrected chi connectivity index (χ2v) is 7.13. The summed E-state index contributed by atoms with van der Waals surface area (Å²) in [5.74, 6) is 0. The molecule has 3 rings (SSSR count). The molecule has 1 heterocycles. The monoisotopic (exact) mass is 399 g/mol. The maximum atomic E-state index is 6.27. The summed E-state index contributed by atoms with van der Waals surface area (Å²) >= 11 is 12.0. The predicted molar refractivity (Wildman–Crippen MR) is 108 cm³/mol. The molecule has 0 saturated carbocycles. The van der Waals surface area contributed by atoms with Crippen molar-refractivity contribution in [2.24, 2.45) is 0 Å². The molecular weight excluding hydrogens is 377 g/mol. The van der Waals surface area contributed by atoms with E-state index in [1.165, 1.54) is 32.4 Å². The van der Waals surface area contributed by atoms with Crippen molar-refractivity contribution in [1.29, 1.82) is 0 Å². The Kier molecular flexibility index (Phi) is 8.54. The van der Waals surface area contributed by atoms with Crippen molar-refractivity contribution in [3.8, 4) is 0 Å². The summed E-state index contributed by atoms with van der Waals surface area (Å²) in [6.45, 7) is 4.08. The van der Waals surface area contributed by atoms with Crippen LogP contribution in [0.1, 0.15) is 36.5 Å². The van der Waals surface area contributed by atoms with Gasteiger partial charge in [0.2, 0.25) is 0 Å². The standard InChI is InChI=1S/C20H23Cl2NO.ClH/c21-18-8-4-16(5-9-18)20(17-6-10-19(22)11-7-17)24-15-14-23-12-2-1-3-13-23;/h4-11,20H,1-3,12-15H2;1H. The van der Waals surface area contributed by atoms with Crippen molar-refractivity contribution in [1.82, 2.24) is 4.90 Å². The second-order valence-electron chi connectivity index (χ2n) is 6.26. The van der Waals surface area contributed by atoms with Crippen LogP contribution in [0.2, 0.25) is 10.0 Å². The van der Waals surface area contributed by atoms with Gasteiger partial charge in [-0.3, -0.25) is 0 Å². The van der Waals surface area contributed by atoms with Crippen LogP contribution in [0.15, 0.2) is 48.5 Å². The third-order valence-electron chi connectivity index (χ3n) is 4.49. The molecule has 0 radical (unpaired) electrons. The number of halogens is 3. The van der Waals surface area contributed by atoms with Gasteiger partial charge in [0.05, 0.1) is 6.61 Å². The minimum absolute atomic E-state index is 0. The number of likely N-dealkylation sites (tertiary alicyclic amines) is 1. The van der Waals surface area contributed by atoms with Crippen LogP contribution in [0.5, 0.6) is 0 Å². The maximum Gasteiger partial charge on any atom is 0.108 e. The van der Waals surface area contributed by atoms with E-state index in [1.54, 1.807) is 0 Å². The lowest BCUT2D eigenvalue weighted by Crippen LogP contribution is -2.33. The Hall–Kier alpha value is -0.770. The predicted octanol–water partition coefficient (Wildman–Crippen LogP) is 6.01. The van der Waals surface area contributed by atoms with E-state index < -0.39 is 0 Å². The van der Waals surface area contributed by atoms with E-state index in [2.05, 4.69) is 4.90 Å². The summed E-state index contributed by atoms with van der Waals surface area (Å²) in [5, 5.41) is 1.48. The van der Waals surface area contributed by atoms with E-state index in [-0.39, 0.29) is 18.5 Å². The smallest absolute Gasteiger partial charge is 0.108 e. The largest absolute Gasteiger partial charge is 0.367 e. The highest BCUT2D eigenvalue weighted by Crippen LogP contribution is 2.28. The number of benzene rings is 2. The van der Waals surface area contributed by atoms with E-state index in [4.69, 9.17) is 27.9 Å². The first-order chi connectivity index (χ1) is 11.7. The first-order valence-corrected chi connectivity index (χ1v) is 9.33. The molecule has 5 heteroatoms. The number of hydrogen-bond donors (Lipinski definition) is 0. The first kappa shape index (κ1) is 20.5. The van der Waals surface area contributed by atoms with Crippen LogP contribution < -0.4 is 0 Å². The molecule has 136 valence electrons. The molecule has 2 aromatic rings. The Morgan fingerprint density at radius 3 is 1.76 bits per heavy atom. The number of rotatable bonds is 6. The lowest BCUT2D eigenvalue weighted by molar-refractivity contribution is 0.0557. The van der Waals surface area contributed by atoms with Crippen LogP contribution in [-0.2, 0) is 4.74 Å². The van der Waals surface area contributed by atoms with Gasteiger partial charge >= 0.3 is 0 Å². The minimum Gasteiger partial charge on any atom is -0.367 e. The van der Waals surface area contributed by atoms with Crippen LogP contribution in [0.4, 0.5) is 0 Å². The molecular formula is C20H24Cl3NO. The number of piperidine rings is 1. The molecule has 2 nitrogen and oxygen atoms in total. The van der Waals surface area contributed by atoms with E-state index in [1.807, 2.05) is 48.5 Å². The Bertz CT molecular complexity index is 579. The first-order valence-electron chi connectivity index (χ1n) is 8.57. The zero-order valence-electron chi connectivity index (χ0n) is 14.2. The Balaban J connectivity index is 0.00000225. The van der Waals surface area contributed by atoms with E-state index >= 15 is 0 Å². The zero-order chi connectivity index (χ0) is 16.8. The molecule has 2 aromatic carbocycles. The molecule has 0 atom stereocenters. The molecule has 0 bridgehead atoms. The average Bonchev–Trinajstić information content (AvgIpc) is 2.62. The fraction of sp³-hybridized carbons (Fsp3) is 0.400. The SMILES string of the molecule is Cl.Clc1ccc(C(OCCN2CCCCC2)c2ccc(Cl)cc2)cc1. The van der Waals surface area contributed by atoms with Gasteiger partial charge in [-0.15, -0.1) is 12.4 Å². The fourth-order valence-corrected chi connectivity index (χ4v) is 3.39. The maximum absolute atomic E-state index is 6.27. The van der Waals surface area contributed by atoms with E-state index in [9.17, 15) is 0 Å². The van der Waals surface area contributed by atoms with Crippen LogP contribution in [-0.4, -0.2) is 31.1 Å². The molecule has 0 amide bonds. The Morgan fingerprint density at radius 1 is 0.800 bits per heavy atom. The summed E-state index contributed by atoms with van der Waals surface area (Å²) in [4.78, 5) is 2.49. The molecule has 0 N–H and O–H groups in total. The van der Waals surface area contributed by atoms with Gasteiger partial charge in [-0.2, -0.15) is 0 Å². The van der Waals surface area contributed by atoms with Gasteiger partial charge in [-0.05, 0) is 61.3 Å². The van der Waals surface area contributed by atoms with Crippen molar-refractivity contribution in [2.75, 3.05) is 26.2 Å². The van der Waals surface area contributed by atoms with Gasteiger partial charge < -0.3 is 9.64 Å². The molecule has 0 aromatic heterocycles. The van der Waals surface area contributed by atoms with Gasteiger partial charge in [-0.25, -0.2) is 0 Å². The number of ether oxygens (including phenoxy) is 1. The second kappa shape index (κ2) is 10.4. The highest BCUT2D eigenvalue weighted by molar-refractivity contribution is 6.30. The zero-order valence-corrected chi connectivity index (χ0v) is 16.5. The molecule has 1 saturated heterocycles. The van der Waals surface area contributed by atoms with Gasteiger partial charge in [0, 0.05) is 16.6 Å². The average molecular weight is 401 g/mol. The topological polar surface area (TPSA) is 12.5 Å². The molecule has 0 unspecified atom stereocenters. The van der Waals surface area contributed by atoms with E-state index in [0.717, 1.165) is 34.3 Å². The van der Waals surface area contributed by atoms with Crippen LogP contribution >= 0.6 is 35.6 Å². The van der Waals surface area contributed by atoms with Gasteiger partial charge in [0.1, 0.15) is 6.10 Å². The minimum atomic E-state index is -0.0932. The van der Waals surface area contributed by atoms with Crippen LogP contribution in [0.25, 0.3) is 0 Å². The third-order valence-corrected chi connectivity index (χ3v) is 4.99. The molecule has 25 heavy (non-hydrogen) atoms. The van der Waals surface area contributed by atoms with Crippen molar-refractivity contribution in [2.45, 2.75) is 25.4 Å². The summed E-state index contributed by atoms with van der Waals surface area (Å²) in [5.41, 5.74) is 2.22. The third kappa shape index (κ3) is 6.16. The van der Waals surface area contributed by atoms with Crippen molar-refractivity contribution < 1.29 is 4.74 Å². The highest BCUT2D eigenvalue weighted by atomic mass is 35.5. The van der Waals surface area contributed by atoms with Crippen LogP contribution in [0, 0.1) is 0 Å². The molecule has 0 spiro atoms. The summed E-state index contributed by atoms with van der Waals surface area (Å²) in [6, 6.07) is 15.8. The van der Waals surface area contributed by atoms with Gasteiger partial charge in [0.25, 0.3) is 0 Å². The van der Waals surface area contributed by atoms with Gasteiger partial charge in [-0.1, -0.05) is 53.9 Å². The molecule has 1 aliphatic rings.